The van der Waals surface area contributed by atoms with Crippen LogP contribution in [0.2, 0.25) is 0 Å². The molecule has 0 radical (unpaired) electrons. The first-order valence-corrected chi connectivity index (χ1v) is 32.9. The van der Waals surface area contributed by atoms with E-state index in [4.69, 9.17) is 28.7 Å². The molecule has 1 fully saturated rings. The number of nitrogens with one attached hydrogen (secondary N) is 3. The predicted octanol–water partition coefficient (Wildman–Crippen LogP) is 11.1. The minimum Gasteiger partial charge on any atom is -0.415 e. The van der Waals surface area contributed by atoms with E-state index in [1.807, 2.05) is 105 Å². The van der Waals surface area contributed by atoms with Gasteiger partial charge in [0.2, 0.25) is 17.7 Å². The fourth-order valence-electron chi connectivity index (χ4n) is 11.5. The lowest BCUT2D eigenvalue weighted by Gasteiger charge is -2.15. The summed E-state index contributed by atoms with van der Waals surface area (Å²) in [5, 5.41) is 43.9. The number of nitriles is 1. The van der Waals surface area contributed by atoms with Gasteiger partial charge in [0.25, 0.3) is 34.3 Å². The minimum atomic E-state index is -0.600. The maximum atomic E-state index is 12.4. The molecule has 27 heteroatoms. The second kappa shape index (κ2) is 31.4. The lowest BCUT2D eigenvalue weighted by molar-refractivity contribution is 0.161. The lowest BCUT2D eigenvalue weighted by atomic mass is 10.1. The summed E-state index contributed by atoms with van der Waals surface area (Å²) in [5.74, 6) is 2.71. The second-order valence-corrected chi connectivity index (χ2v) is 24.8. The molecule has 0 saturated heterocycles. The van der Waals surface area contributed by atoms with E-state index < -0.39 is 6.04 Å². The van der Waals surface area contributed by atoms with Crippen LogP contribution in [0.4, 0.5) is 5.82 Å². The van der Waals surface area contributed by atoms with Crippen LogP contribution in [0.3, 0.4) is 0 Å². The summed E-state index contributed by atoms with van der Waals surface area (Å²) >= 11 is 0. The van der Waals surface area contributed by atoms with Gasteiger partial charge in [0.1, 0.15) is 17.4 Å². The molecule has 0 bridgehead atoms. The van der Waals surface area contributed by atoms with Gasteiger partial charge >= 0.3 is 0 Å². The van der Waals surface area contributed by atoms with E-state index in [1.54, 1.807) is 78.4 Å². The first-order valence-electron chi connectivity index (χ1n) is 32.9. The summed E-state index contributed by atoms with van der Waals surface area (Å²) in [6.07, 6.45) is 12.4. The zero-order valence-corrected chi connectivity index (χ0v) is 58.3. The van der Waals surface area contributed by atoms with Crippen LogP contribution in [0.1, 0.15) is 99.4 Å². The molecule has 5 N–H and O–H groups in total. The number of aryl methyl sites for hydroxylation is 5. The molecule has 13 rings (SSSR count). The van der Waals surface area contributed by atoms with Gasteiger partial charge in [0.05, 0.1) is 65.8 Å². The fourth-order valence-corrected chi connectivity index (χ4v) is 11.5. The highest BCUT2D eigenvalue weighted by Crippen LogP contribution is 2.39. The van der Waals surface area contributed by atoms with Crippen molar-refractivity contribution in [3.8, 4) is 109 Å². The number of ether oxygens (including phenoxy) is 1. The van der Waals surface area contributed by atoms with E-state index in [0.29, 0.717) is 87.1 Å². The predicted molar refractivity (Wildman–Crippen MR) is 386 cm³/mol. The van der Waals surface area contributed by atoms with Crippen molar-refractivity contribution in [3.63, 3.8) is 0 Å². The van der Waals surface area contributed by atoms with Gasteiger partial charge in [0.15, 0.2) is 11.5 Å². The smallest absolute Gasteiger partial charge is 0.270 e. The van der Waals surface area contributed by atoms with E-state index in [1.165, 1.54) is 40.7 Å². The molecular formula is C74H82N20O7. The summed E-state index contributed by atoms with van der Waals surface area (Å²) in [5.41, 5.74) is 21.4. The van der Waals surface area contributed by atoms with E-state index in [-0.39, 0.29) is 54.9 Å². The van der Waals surface area contributed by atoms with Gasteiger partial charge in [-0.2, -0.15) is 5.26 Å². The molecule has 9 heterocycles. The third-order valence-corrected chi connectivity index (χ3v) is 17.2. The summed E-state index contributed by atoms with van der Waals surface area (Å²) < 4.78 is 27.9. The van der Waals surface area contributed by atoms with Crippen molar-refractivity contribution < 1.29 is 20.8 Å². The number of benzene rings is 3. The van der Waals surface area contributed by atoms with E-state index in [2.05, 4.69) is 103 Å². The Morgan fingerprint density at radius 1 is 0.525 bits per heavy atom. The lowest BCUT2D eigenvalue weighted by Crippen LogP contribution is -2.24. The van der Waals surface area contributed by atoms with Gasteiger partial charge in [-0.1, -0.05) is 36.4 Å². The molecule has 27 nitrogen and oxygen atoms in total. The van der Waals surface area contributed by atoms with Crippen LogP contribution >= 0.6 is 0 Å². The number of hydrogen-bond acceptors (Lipinski definition) is 24. The molecule has 3 aromatic carbocycles. The Kier molecular flexibility index (Phi) is 22.0. The van der Waals surface area contributed by atoms with Crippen LogP contribution in [0.5, 0.6) is 0 Å². The number of hydrogen-bond donors (Lipinski definition) is 4. The highest BCUT2D eigenvalue weighted by Gasteiger charge is 2.30. The molecular weight excluding hydrogens is 1280 g/mol. The topological polar surface area (TPSA) is 355 Å². The van der Waals surface area contributed by atoms with Gasteiger partial charge in [-0.15, -0.1) is 30.6 Å². The highest BCUT2D eigenvalue weighted by molar-refractivity contribution is 5.70. The molecule has 12 aromatic rings. The van der Waals surface area contributed by atoms with Crippen LogP contribution in [0.15, 0.2) is 156 Å². The van der Waals surface area contributed by atoms with Crippen molar-refractivity contribution in [1.29, 1.82) is 5.26 Å². The third-order valence-electron chi connectivity index (χ3n) is 17.2. The number of anilines is 1. The van der Waals surface area contributed by atoms with Crippen LogP contribution in [-0.4, -0.2) is 109 Å². The van der Waals surface area contributed by atoms with E-state index >= 15 is 0 Å². The van der Waals surface area contributed by atoms with E-state index in [0.717, 1.165) is 64.1 Å². The average molecular weight is 1360 g/mol. The Labute approximate surface area is 585 Å². The number of methoxy groups -OCH3 is 1. The summed E-state index contributed by atoms with van der Waals surface area (Å²) in [6.45, 7) is 18.1. The van der Waals surface area contributed by atoms with Crippen molar-refractivity contribution in [3.05, 3.63) is 204 Å². The monoisotopic (exact) mass is 1360 g/mol. The van der Waals surface area contributed by atoms with Crippen molar-refractivity contribution >= 4 is 5.82 Å². The fraction of sp³-hybridized carbons (Fsp3) is 0.297. The summed E-state index contributed by atoms with van der Waals surface area (Å²) in [4.78, 5) is 64.1. The number of pyridine rings is 3. The highest BCUT2D eigenvalue weighted by atomic mass is 16.5. The average Bonchev–Trinajstić information content (AvgIpc) is 1.77. The second-order valence-electron chi connectivity index (χ2n) is 24.8. The first-order chi connectivity index (χ1) is 48.8. The number of rotatable bonds is 21. The van der Waals surface area contributed by atoms with E-state index in [9.17, 15) is 19.6 Å². The van der Waals surface area contributed by atoms with Gasteiger partial charge in [-0.25, -0.2) is 19.9 Å². The normalized spacial score (nSPS) is 12.8. The zero-order chi connectivity index (χ0) is 71.6. The van der Waals surface area contributed by atoms with Gasteiger partial charge in [-0.05, 0) is 165 Å². The molecule has 9 aromatic heterocycles. The van der Waals surface area contributed by atoms with Gasteiger partial charge in [-0.3, -0.25) is 28.9 Å². The maximum Gasteiger partial charge on any atom is 0.270 e. The Balaban J connectivity index is 0.000000178. The van der Waals surface area contributed by atoms with Crippen molar-refractivity contribution in [2.75, 3.05) is 40.6 Å². The largest absolute Gasteiger partial charge is 0.415 e. The number of nitrogens with zero attached hydrogens (tertiary/aromatic N) is 16. The molecule has 1 aliphatic carbocycles. The Hall–Kier alpha value is -11.7. The standard InChI is InChI=1S/C26H28N6O2.C24H27N7O3.C24H23N7O2.2H2/c1-15-11-18(12-27-4)5-9-21(15)25-30-31-26(34-25)24-16(2)28-13-22(29-24)20-8-10-23(33)32(14-20)17(3)19-6-7-19;1-14-9-16(10-26-3)5-7-18(14)23-29-30-24(34-23)21-22(25)27-11-19(28-21)17-6-8-20(32)31(12-17)15(2)13-33-4;1-14-9-17(11-26-4)5-7-19(14)23-29-30-24(33-23)22-16(3)27-12-20(28-22)18-6-8-21(32)31(13-18)15(2)10-25;;/h5,8-11,13-14,17,19,27H,6-7,12H2,1-4H3;5-9,11-12,15,26H,10,13H2,1-4H3,(H2,25,27);5-9,12-13,15,26H,11H2,1-4H3;2*1H. The molecule has 0 amide bonds. The Morgan fingerprint density at radius 2 is 0.891 bits per heavy atom. The molecule has 0 aliphatic heterocycles. The van der Waals surface area contributed by atoms with Crippen molar-refractivity contribution in [2.45, 2.75) is 106 Å². The van der Waals surface area contributed by atoms with Crippen LogP contribution < -0.4 is 38.4 Å². The summed E-state index contributed by atoms with van der Waals surface area (Å²) in [7, 11) is 7.33. The van der Waals surface area contributed by atoms with Gasteiger partial charge < -0.3 is 48.8 Å². The number of nitrogens with two attached hydrogens (primary N) is 1. The Morgan fingerprint density at radius 3 is 1.29 bits per heavy atom. The SMILES string of the molecule is CNCc1ccc(-c2nnc(-c3nc(-c4ccc(=O)n(C(C)C#N)c4)cnc3C)o2)c(C)c1.CNCc1ccc(-c2nnc(-c3nc(-c4ccc(=O)n(C(C)C5CC5)c4)cnc3C)o2)c(C)c1.CNCc1ccc(-c2nnc(-c3nc(-c4ccc(=O)n(C(C)COC)c4)cnc3N)o2)c(C)c1.[HH].[HH]. The molecule has 3 atom stereocenters. The Bertz CT molecular complexity index is 5210. The zero-order valence-electron chi connectivity index (χ0n) is 58.3. The number of nitrogen functional groups attached to an aromatic ring is 1. The maximum absolute atomic E-state index is 12.4. The summed E-state index contributed by atoms with van der Waals surface area (Å²) in [6, 6.07) is 29.4. The van der Waals surface area contributed by atoms with Crippen LogP contribution in [0, 0.1) is 51.9 Å². The van der Waals surface area contributed by atoms with Crippen LogP contribution in [0.25, 0.3) is 103 Å². The first kappa shape index (κ1) is 70.6. The molecule has 1 saturated carbocycles. The van der Waals surface area contributed by atoms with Crippen molar-refractivity contribution in [1.82, 2.24) is 90.1 Å². The quantitative estimate of drug-likeness (QED) is 0.0519. The molecule has 101 heavy (non-hydrogen) atoms. The molecule has 0 spiro atoms. The third kappa shape index (κ3) is 16.2. The van der Waals surface area contributed by atoms with Crippen LogP contribution in [-0.2, 0) is 24.4 Å². The molecule has 520 valence electrons. The minimum absolute atomic E-state index is 0. The number of aromatic nitrogens is 15. The van der Waals surface area contributed by atoms with Gasteiger partial charge in [0, 0.05) is 106 Å². The molecule has 3 unspecified atom stereocenters. The molecule has 1 aliphatic rings. The van der Waals surface area contributed by atoms with Crippen molar-refractivity contribution in [2.24, 2.45) is 5.92 Å².